The molecular weight excluding hydrogens is 254 g/mol. The van der Waals surface area contributed by atoms with E-state index in [-0.39, 0.29) is 11.9 Å². The van der Waals surface area contributed by atoms with Crippen LogP contribution < -0.4 is 10.6 Å². The van der Waals surface area contributed by atoms with Crippen LogP contribution in [0.4, 0.5) is 0 Å². The highest BCUT2D eigenvalue weighted by Crippen LogP contribution is 2.13. The molecule has 1 amide bonds. The Morgan fingerprint density at radius 2 is 2.10 bits per heavy atom. The summed E-state index contributed by atoms with van der Waals surface area (Å²) in [5, 5.41) is 14.6. The molecule has 20 heavy (non-hydrogen) atoms. The van der Waals surface area contributed by atoms with Crippen molar-refractivity contribution in [1.82, 2.24) is 25.4 Å². The maximum Gasteiger partial charge on any atom is 0.236 e. The second-order valence-electron chi connectivity index (χ2n) is 5.88. The SMILES string of the molecule is CC(C)CNC(=O)C(C)NCc1nnc2n1CCCC2. The Labute approximate surface area is 120 Å². The summed E-state index contributed by atoms with van der Waals surface area (Å²) in [7, 11) is 0. The number of aromatic nitrogens is 3. The minimum absolute atomic E-state index is 0.0390. The topological polar surface area (TPSA) is 71.8 Å². The van der Waals surface area contributed by atoms with E-state index in [2.05, 4.69) is 39.2 Å². The lowest BCUT2D eigenvalue weighted by molar-refractivity contribution is -0.122. The summed E-state index contributed by atoms with van der Waals surface area (Å²) in [6.07, 6.45) is 3.39. The van der Waals surface area contributed by atoms with E-state index in [0.29, 0.717) is 19.0 Å². The van der Waals surface area contributed by atoms with Crippen LogP contribution in [0, 0.1) is 5.92 Å². The van der Waals surface area contributed by atoms with Crippen molar-refractivity contribution in [1.29, 1.82) is 0 Å². The maximum atomic E-state index is 11.9. The third-order valence-electron chi connectivity index (χ3n) is 3.58. The molecule has 2 heterocycles. The first-order valence-corrected chi connectivity index (χ1v) is 7.50. The van der Waals surface area contributed by atoms with Crippen molar-refractivity contribution in [2.24, 2.45) is 5.92 Å². The Balaban J connectivity index is 1.82. The van der Waals surface area contributed by atoms with Gasteiger partial charge in [-0.15, -0.1) is 10.2 Å². The standard InChI is InChI=1S/C14H25N5O/c1-10(2)8-16-14(20)11(3)15-9-13-18-17-12-6-4-5-7-19(12)13/h10-11,15H,4-9H2,1-3H3,(H,16,20). The minimum atomic E-state index is -0.217. The van der Waals surface area contributed by atoms with E-state index < -0.39 is 0 Å². The lowest BCUT2D eigenvalue weighted by Crippen LogP contribution is -2.43. The van der Waals surface area contributed by atoms with Crippen LogP contribution in [0.15, 0.2) is 0 Å². The van der Waals surface area contributed by atoms with Gasteiger partial charge in [0.1, 0.15) is 11.6 Å². The van der Waals surface area contributed by atoms with Crippen LogP contribution >= 0.6 is 0 Å². The molecule has 1 aromatic rings. The van der Waals surface area contributed by atoms with Gasteiger partial charge in [-0.1, -0.05) is 13.8 Å². The summed E-state index contributed by atoms with van der Waals surface area (Å²) in [5.74, 6) is 2.51. The zero-order valence-corrected chi connectivity index (χ0v) is 12.6. The maximum absolute atomic E-state index is 11.9. The Morgan fingerprint density at radius 3 is 2.85 bits per heavy atom. The quantitative estimate of drug-likeness (QED) is 0.810. The predicted octanol–water partition coefficient (Wildman–Crippen LogP) is 0.865. The van der Waals surface area contributed by atoms with Gasteiger partial charge in [-0.2, -0.15) is 0 Å². The van der Waals surface area contributed by atoms with Crippen LogP contribution in [0.25, 0.3) is 0 Å². The molecule has 0 radical (unpaired) electrons. The Morgan fingerprint density at radius 1 is 1.30 bits per heavy atom. The predicted molar refractivity (Wildman–Crippen MR) is 77.1 cm³/mol. The number of amides is 1. The number of nitrogens with one attached hydrogen (secondary N) is 2. The summed E-state index contributed by atoms with van der Waals surface area (Å²) in [5.41, 5.74) is 0. The smallest absolute Gasteiger partial charge is 0.236 e. The number of fused-ring (bicyclic) bond motifs is 1. The van der Waals surface area contributed by atoms with Gasteiger partial charge in [0.2, 0.25) is 5.91 Å². The summed E-state index contributed by atoms with van der Waals surface area (Å²) >= 11 is 0. The van der Waals surface area contributed by atoms with Crippen molar-refractivity contribution in [3.63, 3.8) is 0 Å². The Hall–Kier alpha value is -1.43. The third kappa shape index (κ3) is 3.79. The number of carbonyl (C=O) groups excluding carboxylic acids is 1. The van der Waals surface area contributed by atoms with Crippen LogP contribution in [0.5, 0.6) is 0 Å². The van der Waals surface area contributed by atoms with Gasteiger partial charge in [0.05, 0.1) is 12.6 Å². The molecule has 0 fully saturated rings. The molecule has 2 N–H and O–H groups in total. The molecule has 0 saturated heterocycles. The lowest BCUT2D eigenvalue weighted by atomic mass is 10.1. The van der Waals surface area contributed by atoms with Gasteiger partial charge in [0.15, 0.2) is 0 Å². The van der Waals surface area contributed by atoms with Gasteiger partial charge >= 0.3 is 0 Å². The molecule has 2 rings (SSSR count). The van der Waals surface area contributed by atoms with Gasteiger partial charge in [0.25, 0.3) is 0 Å². The zero-order chi connectivity index (χ0) is 14.5. The van der Waals surface area contributed by atoms with Crippen LogP contribution in [0.2, 0.25) is 0 Å². The molecule has 0 bridgehead atoms. The van der Waals surface area contributed by atoms with E-state index in [1.807, 2.05) is 6.92 Å². The molecule has 0 saturated carbocycles. The Kier molecular flexibility index (Phi) is 5.11. The molecule has 1 aliphatic heterocycles. The molecule has 1 aliphatic rings. The fourth-order valence-electron chi connectivity index (χ4n) is 2.29. The van der Waals surface area contributed by atoms with Crippen molar-refractivity contribution in [3.05, 3.63) is 11.6 Å². The Bertz CT molecular complexity index is 454. The van der Waals surface area contributed by atoms with Crippen LogP contribution in [-0.4, -0.2) is 33.3 Å². The number of aryl methyl sites for hydroxylation is 1. The first-order valence-electron chi connectivity index (χ1n) is 7.50. The normalized spacial score (nSPS) is 16.0. The molecule has 0 aliphatic carbocycles. The van der Waals surface area contributed by atoms with E-state index in [1.165, 1.54) is 12.8 Å². The number of carbonyl (C=O) groups is 1. The van der Waals surface area contributed by atoms with Crippen molar-refractivity contribution in [2.75, 3.05) is 6.54 Å². The highest BCUT2D eigenvalue weighted by Gasteiger charge is 2.17. The lowest BCUT2D eigenvalue weighted by Gasteiger charge is -2.17. The van der Waals surface area contributed by atoms with Crippen molar-refractivity contribution >= 4 is 5.91 Å². The second kappa shape index (κ2) is 6.83. The summed E-state index contributed by atoms with van der Waals surface area (Å²) in [6, 6.07) is -0.217. The van der Waals surface area contributed by atoms with Crippen molar-refractivity contribution in [3.8, 4) is 0 Å². The molecule has 1 unspecified atom stereocenters. The highest BCUT2D eigenvalue weighted by atomic mass is 16.2. The van der Waals surface area contributed by atoms with E-state index in [9.17, 15) is 4.79 Å². The average Bonchev–Trinajstić information content (AvgIpc) is 2.85. The molecule has 6 heteroatoms. The van der Waals surface area contributed by atoms with Crippen LogP contribution in [0.1, 0.15) is 45.3 Å². The van der Waals surface area contributed by atoms with Gasteiger partial charge in [-0.25, -0.2) is 0 Å². The van der Waals surface area contributed by atoms with Crippen LogP contribution in [0.3, 0.4) is 0 Å². The third-order valence-corrected chi connectivity index (χ3v) is 3.58. The number of nitrogens with zero attached hydrogens (tertiary/aromatic N) is 3. The molecular formula is C14H25N5O. The molecule has 6 nitrogen and oxygen atoms in total. The van der Waals surface area contributed by atoms with E-state index in [0.717, 1.165) is 24.6 Å². The largest absolute Gasteiger partial charge is 0.354 e. The molecule has 0 spiro atoms. The van der Waals surface area contributed by atoms with E-state index in [4.69, 9.17) is 0 Å². The molecule has 1 aromatic heterocycles. The van der Waals surface area contributed by atoms with Crippen molar-refractivity contribution < 1.29 is 4.79 Å². The zero-order valence-electron chi connectivity index (χ0n) is 12.6. The summed E-state index contributed by atoms with van der Waals surface area (Å²) in [6.45, 7) is 8.34. The minimum Gasteiger partial charge on any atom is -0.354 e. The molecule has 0 aromatic carbocycles. The molecule has 112 valence electrons. The first-order chi connectivity index (χ1) is 9.58. The van der Waals surface area contributed by atoms with Gasteiger partial charge in [-0.3, -0.25) is 10.1 Å². The first kappa shape index (κ1) is 15.0. The number of hydrogen-bond donors (Lipinski definition) is 2. The van der Waals surface area contributed by atoms with Gasteiger partial charge in [0, 0.05) is 19.5 Å². The summed E-state index contributed by atoms with van der Waals surface area (Å²) in [4.78, 5) is 11.9. The highest BCUT2D eigenvalue weighted by molar-refractivity contribution is 5.81. The van der Waals surface area contributed by atoms with Gasteiger partial charge in [-0.05, 0) is 25.7 Å². The second-order valence-corrected chi connectivity index (χ2v) is 5.88. The van der Waals surface area contributed by atoms with Crippen LogP contribution in [-0.2, 0) is 24.3 Å². The molecule has 1 atom stereocenters. The number of rotatable bonds is 6. The summed E-state index contributed by atoms with van der Waals surface area (Å²) < 4.78 is 2.18. The average molecular weight is 279 g/mol. The van der Waals surface area contributed by atoms with E-state index >= 15 is 0 Å². The van der Waals surface area contributed by atoms with E-state index in [1.54, 1.807) is 0 Å². The fourth-order valence-corrected chi connectivity index (χ4v) is 2.29. The van der Waals surface area contributed by atoms with Gasteiger partial charge < -0.3 is 9.88 Å². The number of hydrogen-bond acceptors (Lipinski definition) is 4. The fraction of sp³-hybridized carbons (Fsp3) is 0.786. The van der Waals surface area contributed by atoms with Crippen molar-refractivity contribution in [2.45, 2.75) is 59.2 Å². The monoisotopic (exact) mass is 279 g/mol.